The molecule has 1 aromatic carbocycles. The number of benzene rings is 1. The molecule has 1 aliphatic heterocycles. The van der Waals surface area contributed by atoms with Gasteiger partial charge in [-0.15, -0.1) is 0 Å². The fourth-order valence-corrected chi connectivity index (χ4v) is 4.31. The van der Waals surface area contributed by atoms with Crippen molar-refractivity contribution in [1.82, 2.24) is 14.7 Å². The maximum absolute atomic E-state index is 13.0. The second-order valence-corrected chi connectivity index (χ2v) is 7.96. The molecule has 28 heavy (non-hydrogen) atoms. The quantitative estimate of drug-likeness (QED) is 0.861. The number of rotatable bonds is 5. The summed E-state index contributed by atoms with van der Waals surface area (Å²) in [6.07, 6.45) is 1.54. The van der Waals surface area contributed by atoms with E-state index in [9.17, 15) is 14.7 Å². The third kappa shape index (κ3) is 3.55. The molecular weight excluding hydrogens is 354 g/mol. The highest BCUT2D eigenvalue weighted by atomic mass is 16.4. The Balaban J connectivity index is 1.70. The summed E-state index contributed by atoms with van der Waals surface area (Å²) in [5.41, 5.74) is 3.10. The van der Waals surface area contributed by atoms with Crippen molar-refractivity contribution < 1.29 is 14.7 Å². The van der Waals surface area contributed by atoms with Crippen molar-refractivity contribution in [3.8, 4) is 0 Å². The van der Waals surface area contributed by atoms with Gasteiger partial charge >= 0.3 is 5.97 Å². The van der Waals surface area contributed by atoms with E-state index in [1.54, 1.807) is 0 Å². The molecule has 1 N–H and O–H groups in total. The summed E-state index contributed by atoms with van der Waals surface area (Å²) in [7, 11) is 1.91. The number of aromatic nitrogens is 2. The minimum atomic E-state index is -0.905. The molecule has 0 unspecified atom stereocenters. The predicted octanol–water partition coefficient (Wildman–Crippen LogP) is 2.86. The molecule has 0 bridgehead atoms. The van der Waals surface area contributed by atoms with E-state index in [0.717, 1.165) is 22.5 Å². The number of carbonyl (C=O) groups excluding carboxylic acids is 1. The Morgan fingerprint density at radius 1 is 1.18 bits per heavy atom. The lowest BCUT2D eigenvalue weighted by Gasteiger charge is -2.40. The van der Waals surface area contributed by atoms with E-state index in [0.29, 0.717) is 32.4 Å². The molecule has 0 aliphatic carbocycles. The molecule has 1 saturated heterocycles. The maximum Gasteiger partial charge on any atom is 0.314 e. The molecule has 0 saturated carbocycles. The number of carbonyl (C=O) groups is 2. The molecule has 150 valence electrons. The van der Waals surface area contributed by atoms with E-state index in [4.69, 9.17) is 0 Å². The molecule has 1 atom stereocenters. The van der Waals surface area contributed by atoms with Crippen LogP contribution in [0.15, 0.2) is 30.3 Å². The highest BCUT2D eigenvalue weighted by Gasteiger charge is 2.44. The van der Waals surface area contributed by atoms with Crippen LogP contribution < -0.4 is 0 Å². The summed E-state index contributed by atoms with van der Waals surface area (Å²) >= 11 is 0. The Kier molecular flexibility index (Phi) is 5.59. The van der Waals surface area contributed by atoms with Crippen molar-refractivity contribution in [2.45, 2.75) is 45.4 Å². The van der Waals surface area contributed by atoms with E-state index in [1.807, 2.05) is 67.7 Å². The molecule has 6 heteroatoms. The number of amides is 1. The molecule has 0 radical (unpaired) electrons. The molecule has 6 nitrogen and oxygen atoms in total. The van der Waals surface area contributed by atoms with E-state index in [1.165, 1.54) is 0 Å². The van der Waals surface area contributed by atoms with Crippen LogP contribution in [0.25, 0.3) is 0 Å². The SMILES string of the molecule is Cc1nn(C)c(C)c1C[C@H](C)C(=O)N1CCC(C(=O)O)(c2ccccc2)CC1. The zero-order chi connectivity index (χ0) is 20.5. The topological polar surface area (TPSA) is 75.4 Å². The molecule has 2 aromatic rings. The molecule has 1 aromatic heterocycles. The average Bonchev–Trinajstić information content (AvgIpc) is 2.94. The van der Waals surface area contributed by atoms with Crippen LogP contribution in [-0.4, -0.2) is 44.8 Å². The van der Waals surface area contributed by atoms with Gasteiger partial charge < -0.3 is 10.0 Å². The van der Waals surface area contributed by atoms with Crippen LogP contribution in [0.4, 0.5) is 0 Å². The van der Waals surface area contributed by atoms with Crippen LogP contribution in [0.3, 0.4) is 0 Å². The van der Waals surface area contributed by atoms with Gasteiger partial charge in [-0.2, -0.15) is 5.10 Å². The van der Waals surface area contributed by atoms with Crippen LogP contribution in [0.1, 0.15) is 42.3 Å². The summed E-state index contributed by atoms with van der Waals surface area (Å²) in [5, 5.41) is 14.4. The smallest absolute Gasteiger partial charge is 0.314 e. The van der Waals surface area contributed by atoms with E-state index < -0.39 is 11.4 Å². The normalized spacial score (nSPS) is 17.4. The molecule has 1 amide bonds. The molecule has 1 fully saturated rings. The number of hydrogen-bond donors (Lipinski definition) is 1. The highest BCUT2D eigenvalue weighted by Crippen LogP contribution is 2.36. The summed E-state index contributed by atoms with van der Waals surface area (Å²) in [6, 6.07) is 9.39. The van der Waals surface area contributed by atoms with Gasteiger partial charge in [0.15, 0.2) is 0 Å². The Bertz CT molecular complexity index is 865. The molecule has 3 rings (SSSR count). The van der Waals surface area contributed by atoms with Crippen molar-refractivity contribution in [1.29, 1.82) is 0 Å². The minimum Gasteiger partial charge on any atom is -0.481 e. The standard InChI is InChI=1S/C22H29N3O3/c1-15(14-19-16(2)23-24(4)17(19)3)20(26)25-12-10-22(11-13-25,21(27)28)18-8-6-5-7-9-18/h5-9,15H,10-14H2,1-4H3,(H,27,28)/t15-/m0/s1. The summed E-state index contributed by atoms with van der Waals surface area (Å²) in [5.74, 6) is -0.870. The highest BCUT2D eigenvalue weighted by molar-refractivity contribution is 5.83. The van der Waals surface area contributed by atoms with E-state index >= 15 is 0 Å². The Morgan fingerprint density at radius 3 is 2.29 bits per heavy atom. The monoisotopic (exact) mass is 383 g/mol. The first kappa shape index (κ1) is 20.1. The van der Waals surface area contributed by atoms with Gasteiger partial charge in [-0.05, 0) is 44.2 Å². The third-order valence-electron chi connectivity index (χ3n) is 6.26. The predicted molar refractivity (Wildman–Crippen MR) is 107 cm³/mol. The zero-order valence-electron chi connectivity index (χ0n) is 17.1. The first-order chi connectivity index (χ1) is 13.3. The van der Waals surface area contributed by atoms with Crippen LogP contribution in [-0.2, 0) is 28.5 Å². The summed E-state index contributed by atoms with van der Waals surface area (Å²) < 4.78 is 1.85. The van der Waals surface area contributed by atoms with Gasteiger partial charge in [-0.25, -0.2) is 0 Å². The van der Waals surface area contributed by atoms with Gasteiger partial charge in [0.2, 0.25) is 5.91 Å². The van der Waals surface area contributed by atoms with Gasteiger partial charge in [-0.3, -0.25) is 14.3 Å². The van der Waals surface area contributed by atoms with Gasteiger partial charge in [0, 0.05) is 31.7 Å². The number of carboxylic acids is 1. The van der Waals surface area contributed by atoms with Gasteiger partial charge in [-0.1, -0.05) is 37.3 Å². The number of likely N-dealkylation sites (tertiary alicyclic amines) is 1. The van der Waals surface area contributed by atoms with Crippen molar-refractivity contribution >= 4 is 11.9 Å². The van der Waals surface area contributed by atoms with E-state index in [2.05, 4.69) is 5.10 Å². The van der Waals surface area contributed by atoms with Crippen molar-refractivity contribution in [3.63, 3.8) is 0 Å². The lowest BCUT2D eigenvalue weighted by Crippen LogP contribution is -2.50. The number of nitrogens with zero attached hydrogens (tertiary/aromatic N) is 3. The second-order valence-electron chi connectivity index (χ2n) is 7.96. The largest absolute Gasteiger partial charge is 0.481 e. The first-order valence-corrected chi connectivity index (χ1v) is 9.83. The van der Waals surface area contributed by atoms with Crippen molar-refractivity contribution in [2.24, 2.45) is 13.0 Å². The van der Waals surface area contributed by atoms with Gasteiger partial charge in [0.1, 0.15) is 0 Å². The number of carboxylic acid groups (broad SMARTS) is 1. The minimum absolute atomic E-state index is 0.0923. The molecule has 0 spiro atoms. The van der Waals surface area contributed by atoms with Crippen LogP contribution in [0.5, 0.6) is 0 Å². The van der Waals surface area contributed by atoms with Gasteiger partial charge in [0.05, 0.1) is 11.1 Å². The number of piperidine rings is 1. The fraction of sp³-hybridized carbons (Fsp3) is 0.500. The Hall–Kier alpha value is -2.63. The molecule has 1 aliphatic rings. The zero-order valence-corrected chi connectivity index (χ0v) is 17.1. The lowest BCUT2D eigenvalue weighted by molar-refractivity contribution is -0.149. The Labute approximate surface area is 166 Å². The summed E-state index contributed by atoms with van der Waals surface area (Å²) in [6.45, 7) is 6.88. The molecule has 2 heterocycles. The number of aliphatic carboxylic acids is 1. The van der Waals surface area contributed by atoms with Crippen molar-refractivity contribution in [2.75, 3.05) is 13.1 Å². The second kappa shape index (κ2) is 7.78. The first-order valence-electron chi connectivity index (χ1n) is 9.83. The van der Waals surface area contributed by atoms with Crippen molar-refractivity contribution in [3.05, 3.63) is 52.8 Å². The van der Waals surface area contributed by atoms with E-state index in [-0.39, 0.29) is 11.8 Å². The molecular formula is C22H29N3O3. The third-order valence-corrected chi connectivity index (χ3v) is 6.26. The maximum atomic E-state index is 13.0. The average molecular weight is 383 g/mol. The lowest BCUT2D eigenvalue weighted by atomic mass is 9.72. The van der Waals surface area contributed by atoms with Crippen LogP contribution >= 0.6 is 0 Å². The summed E-state index contributed by atoms with van der Waals surface area (Å²) in [4.78, 5) is 26.9. The fourth-order valence-electron chi connectivity index (χ4n) is 4.31. The van der Waals surface area contributed by atoms with Crippen LogP contribution in [0, 0.1) is 19.8 Å². The number of aryl methyl sites for hydroxylation is 2. The Morgan fingerprint density at radius 2 is 1.79 bits per heavy atom. The van der Waals surface area contributed by atoms with Gasteiger partial charge in [0.25, 0.3) is 0 Å². The number of hydrogen-bond acceptors (Lipinski definition) is 3. The van der Waals surface area contributed by atoms with Crippen LogP contribution in [0.2, 0.25) is 0 Å².